The van der Waals surface area contributed by atoms with Crippen LogP contribution in [0.5, 0.6) is 0 Å². The van der Waals surface area contributed by atoms with Gasteiger partial charge in [0.05, 0.1) is 21.0 Å². The molecule has 9 nitrogen and oxygen atoms in total. The molecule has 0 aliphatic heterocycles. The van der Waals surface area contributed by atoms with Gasteiger partial charge in [0.1, 0.15) is 6.10 Å². The molecule has 0 bridgehead atoms. The summed E-state index contributed by atoms with van der Waals surface area (Å²) in [4.78, 5) is 43.8. The molecule has 0 spiro atoms. The molecule has 0 aromatic heterocycles. The number of phosphoric ester groups is 1. The normalized spacial score (nSPS) is 11.8. The minimum Gasteiger partial charge on any atom is -0.790 e. The van der Waals surface area contributed by atoms with Crippen LogP contribution in [-0.4, -0.2) is 44.8 Å². The number of hydrogen-bond donors (Lipinski definition) is 1. The molecule has 0 radical (unpaired) electrons. The Morgan fingerprint density at radius 2 is 1.35 bits per heavy atom. The van der Waals surface area contributed by atoms with Crippen molar-refractivity contribution in [3.8, 4) is 0 Å². The van der Waals surface area contributed by atoms with Gasteiger partial charge in [0.15, 0.2) is 0 Å². The van der Waals surface area contributed by atoms with E-state index in [1.807, 2.05) is 0 Å². The molecular weight excluding hydrogens is 519 g/mol. The number of hydrogen-bond acceptors (Lipinski definition) is 9. The maximum atomic E-state index is 12.2. The SMILES string of the molecule is CCCCCCCCCCCCC(=O)O[C@@H](CNCCCCCCCCOC=O)COP(=O)([O-])[O-].[Na+].[Na+]. The van der Waals surface area contributed by atoms with E-state index in [4.69, 9.17) is 4.74 Å². The van der Waals surface area contributed by atoms with Gasteiger partial charge in [0.25, 0.3) is 6.47 Å². The number of carbonyl (C=O) groups is 2. The molecule has 12 heteroatoms. The molecule has 0 saturated carbocycles. The Morgan fingerprint density at radius 1 is 0.838 bits per heavy atom. The first-order chi connectivity index (χ1) is 16.9. The number of unbranched alkanes of at least 4 members (excludes halogenated alkanes) is 14. The summed E-state index contributed by atoms with van der Waals surface area (Å²) in [5, 5.41) is 3.14. The van der Waals surface area contributed by atoms with Crippen LogP contribution in [0.15, 0.2) is 0 Å². The maximum absolute atomic E-state index is 12.2. The molecule has 0 aliphatic carbocycles. The topological polar surface area (TPSA) is 137 Å². The smallest absolute Gasteiger partial charge is 0.790 e. The van der Waals surface area contributed by atoms with Gasteiger partial charge in [-0.05, 0) is 25.8 Å². The fourth-order valence-electron chi connectivity index (χ4n) is 3.76. The standard InChI is InChI=1S/C25H50NO8P.2Na/c1-2-3-4-5-6-7-8-9-12-15-18-25(28)34-24(22-33-35(29,30)31)21-26-19-16-13-10-11-14-17-20-32-23-27;;/h23-24,26H,2-22H2,1H3,(H2,29,30,31);;/q;2*+1/p-2/t24-;;/m0../s1. The Labute approximate surface area is 269 Å². The summed E-state index contributed by atoms with van der Waals surface area (Å²) in [6, 6.07) is 0. The fraction of sp³-hybridized carbons (Fsp3) is 0.920. The molecule has 0 heterocycles. The van der Waals surface area contributed by atoms with E-state index in [0.29, 0.717) is 19.6 Å². The number of esters is 1. The molecule has 1 N–H and O–H groups in total. The van der Waals surface area contributed by atoms with Crippen LogP contribution >= 0.6 is 7.82 Å². The number of rotatable bonds is 27. The van der Waals surface area contributed by atoms with Crippen molar-refractivity contribution in [3.63, 3.8) is 0 Å². The van der Waals surface area contributed by atoms with Crippen molar-refractivity contribution >= 4 is 20.3 Å². The molecule has 0 aliphatic rings. The van der Waals surface area contributed by atoms with Gasteiger partial charge in [-0.15, -0.1) is 0 Å². The van der Waals surface area contributed by atoms with Crippen LogP contribution in [0, 0.1) is 0 Å². The summed E-state index contributed by atoms with van der Waals surface area (Å²) < 4.78 is 25.2. The van der Waals surface area contributed by atoms with E-state index in [9.17, 15) is 23.9 Å². The third-order valence-corrected chi connectivity index (χ3v) is 6.22. The summed E-state index contributed by atoms with van der Waals surface area (Å²) in [6.07, 6.45) is 17.1. The third kappa shape index (κ3) is 35.0. The number of phosphoric acid groups is 1. The van der Waals surface area contributed by atoms with Gasteiger partial charge in [0, 0.05) is 13.0 Å². The zero-order chi connectivity index (χ0) is 26.0. The van der Waals surface area contributed by atoms with E-state index in [1.54, 1.807) is 0 Å². The quantitative estimate of drug-likeness (QED) is 0.0399. The van der Waals surface area contributed by atoms with Gasteiger partial charge in [-0.3, -0.25) is 9.59 Å². The molecule has 0 unspecified atom stereocenters. The fourth-order valence-corrected chi connectivity index (χ4v) is 4.11. The first kappa shape index (κ1) is 42.5. The number of carbonyl (C=O) groups excluding carboxylic acids is 2. The van der Waals surface area contributed by atoms with Crippen molar-refractivity contribution in [2.75, 3.05) is 26.3 Å². The Hall–Kier alpha value is 1.01. The summed E-state index contributed by atoms with van der Waals surface area (Å²) >= 11 is 0. The van der Waals surface area contributed by atoms with E-state index >= 15 is 0 Å². The monoisotopic (exact) mass is 567 g/mol. The molecule has 0 amide bonds. The van der Waals surface area contributed by atoms with Crippen LogP contribution in [0.4, 0.5) is 0 Å². The van der Waals surface area contributed by atoms with E-state index in [-0.39, 0.29) is 72.1 Å². The molecular formula is C25H48NNa2O8P. The molecule has 0 aromatic rings. The van der Waals surface area contributed by atoms with E-state index in [2.05, 4.69) is 21.5 Å². The third-order valence-electron chi connectivity index (χ3n) is 5.76. The zero-order valence-electron chi connectivity index (χ0n) is 23.7. The summed E-state index contributed by atoms with van der Waals surface area (Å²) in [5.74, 6) is -0.398. The van der Waals surface area contributed by atoms with Crippen LogP contribution in [0.1, 0.15) is 116 Å². The van der Waals surface area contributed by atoms with Gasteiger partial charge < -0.3 is 33.7 Å². The minimum atomic E-state index is -5.12. The van der Waals surface area contributed by atoms with Crippen LogP contribution in [0.2, 0.25) is 0 Å². The van der Waals surface area contributed by atoms with Crippen molar-refractivity contribution in [2.24, 2.45) is 0 Å². The van der Waals surface area contributed by atoms with Crippen molar-refractivity contribution in [1.82, 2.24) is 5.32 Å². The molecule has 1 atom stereocenters. The number of ether oxygens (including phenoxy) is 2. The van der Waals surface area contributed by atoms with Crippen LogP contribution < -0.4 is 74.2 Å². The van der Waals surface area contributed by atoms with Gasteiger partial charge in [-0.25, -0.2) is 0 Å². The minimum absolute atomic E-state index is 0. The van der Waals surface area contributed by atoms with Gasteiger partial charge >= 0.3 is 65.1 Å². The van der Waals surface area contributed by atoms with Gasteiger partial charge in [0.2, 0.25) is 0 Å². The molecule has 37 heavy (non-hydrogen) atoms. The molecule has 0 aromatic carbocycles. The van der Waals surface area contributed by atoms with Crippen molar-refractivity contribution in [3.05, 3.63) is 0 Å². The van der Waals surface area contributed by atoms with E-state index < -0.39 is 26.5 Å². The van der Waals surface area contributed by atoms with Crippen LogP contribution in [0.3, 0.4) is 0 Å². The first-order valence-electron chi connectivity index (χ1n) is 13.5. The van der Waals surface area contributed by atoms with Gasteiger partial charge in [-0.2, -0.15) is 0 Å². The summed E-state index contributed by atoms with van der Waals surface area (Å²) in [5.41, 5.74) is 0. The average molecular weight is 568 g/mol. The Morgan fingerprint density at radius 3 is 1.89 bits per heavy atom. The second-order valence-electron chi connectivity index (χ2n) is 9.08. The Bertz CT molecular complexity index is 555. The van der Waals surface area contributed by atoms with Crippen LogP contribution in [0.25, 0.3) is 0 Å². The van der Waals surface area contributed by atoms with Crippen molar-refractivity contribution in [2.45, 2.75) is 122 Å². The average Bonchev–Trinajstić information content (AvgIpc) is 2.81. The molecule has 208 valence electrons. The summed E-state index contributed by atoms with van der Waals surface area (Å²) in [7, 11) is -5.12. The predicted octanol–water partition coefficient (Wildman–Crippen LogP) is -1.83. The first-order valence-corrected chi connectivity index (χ1v) is 15.0. The molecule has 0 rings (SSSR count). The molecule has 0 saturated heterocycles. The van der Waals surface area contributed by atoms with Crippen LogP contribution in [-0.2, 0) is 28.2 Å². The summed E-state index contributed by atoms with van der Waals surface area (Å²) in [6.45, 7) is 3.59. The van der Waals surface area contributed by atoms with E-state index in [1.165, 1.54) is 44.9 Å². The maximum Gasteiger partial charge on any atom is 1.00 e. The number of nitrogens with one attached hydrogen (secondary N) is 1. The van der Waals surface area contributed by atoms with Crippen molar-refractivity contribution in [1.29, 1.82) is 0 Å². The predicted molar refractivity (Wildman–Crippen MR) is 132 cm³/mol. The van der Waals surface area contributed by atoms with Crippen molar-refractivity contribution < 1.29 is 97.1 Å². The second-order valence-corrected chi connectivity index (χ2v) is 10.2. The second kappa shape index (κ2) is 31.5. The van der Waals surface area contributed by atoms with Gasteiger partial charge in [-0.1, -0.05) is 90.4 Å². The zero-order valence-corrected chi connectivity index (χ0v) is 28.6. The largest absolute Gasteiger partial charge is 1.00 e. The van der Waals surface area contributed by atoms with E-state index in [0.717, 1.165) is 57.8 Å². The molecule has 0 fully saturated rings. The Balaban J connectivity index is -0.00000578. The Kier molecular flexibility index (Phi) is 36.2.